The first-order valence-electron chi connectivity index (χ1n) is 24.8. The summed E-state index contributed by atoms with van der Waals surface area (Å²) >= 11 is 0. The van der Waals surface area contributed by atoms with E-state index in [-0.39, 0.29) is 17.6 Å². The summed E-state index contributed by atoms with van der Waals surface area (Å²) in [5.41, 5.74) is 15.6. The van der Waals surface area contributed by atoms with Gasteiger partial charge in [-0.25, -0.2) is 0 Å². The van der Waals surface area contributed by atoms with E-state index in [0.29, 0.717) is 0 Å². The van der Waals surface area contributed by atoms with Crippen molar-refractivity contribution in [2.24, 2.45) is 0 Å². The molecule has 0 saturated carbocycles. The number of aryl methyl sites for hydroxylation is 4. The zero-order chi connectivity index (χ0) is 47.3. The van der Waals surface area contributed by atoms with Crippen LogP contribution in [-0.4, -0.2) is 14.2 Å². The number of hydrogen-bond donors (Lipinski definition) is 0. The SMILES string of the molecule is COc1ccc2ccccc2c1-c1c(OPc2c(C)cc3c(c2-c2c4c(cc(C)c2POc2ccc5ccccc5c2-c2c(OC)ccc5ccccc25)CCCC4)CCCC3)ccc2ccccc12. The number of hydrogen-bond acceptors (Lipinski definition) is 4. The molecule has 0 spiro atoms. The van der Waals surface area contributed by atoms with E-state index in [9.17, 15) is 0 Å². The fraction of sp³-hybridized carbons (Fsp3) is 0.188. The highest BCUT2D eigenvalue weighted by Crippen LogP contribution is 2.50. The van der Waals surface area contributed by atoms with Gasteiger partial charge in [0.25, 0.3) is 0 Å². The van der Waals surface area contributed by atoms with Crippen LogP contribution in [0.4, 0.5) is 0 Å². The van der Waals surface area contributed by atoms with Crippen LogP contribution in [0.2, 0.25) is 0 Å². The van der Waals surface area contributed by atoms with E-state index in [0.717, 1.165) is 92.5 Å². The summed E-state index contributed by atoms with van der Waals surface area (Å²) < 4.78 is 27.2. The standard InChI is InChI=1S/C64H56O4P2/c1-39-37-45-21-9-15-27-51(45)61(63(39)69-67-55-35-31-43-19-7-13-25-49(43)59(55)57-47-23-11-5-17-41(47)29-33-53(57)65-3)62-52-28-16-10-22-46(52)38-40(2)64(62)70-68-56-36-32-44-20-8-14-26-50(44)60(56)58-48-24-12-6-18-42(48)30-34-54(58)66-4/h5-8,11-14,17-20,23-26,29-38,69-70H,9-10,15-16,21-22,27-28H2,1-4H3. The second-order valence-electron chi connectivity index (χ2n) is 19.0. The molecule has 0 heterocycles. The van der Waals surface area contributed by atoms with E-state index in [1.54, 1.807) is 14.2 Å². The van der Waals surface area contributed by atoms with E-state index in [2.05, 4.69) is 172 Å². The maximum absolute atomic E-state index is 7.41. The Morgan fingerprint density at radius 3 is 1.01 bits per heavy atom. The molecule has 0 N–H and O–H groups in total. The maximum Gasteiger partial charge on any atom is 0.132 e. The molecule has 0 aromatic heterocycles. The molecular formula is C64H56O4P2. The van der Waals surface area contributed by atoms with Gasteiger partial charge in [-0.15, -0.1) is 0 Å². The Morgan fingerprint density at radius 1 is 0.343 bits per heavy atom. The van der Waals surface area contributed by atoms with Crippen molar-refractivity contribution >= 4 is 71.3 Å². The molecule has 0 fully saturated rings. The monoisotopic (exact) mass is 950 g/mol. The maximum atomic E-state index is 7.41. The topological polar surface area (TPSA) is 36.9 Å². The van der Waals surface area contributed by atoms with Crippen molar-refractivity contribution < 1.29 is 18.5 Å². The Labute approximate surface area is 414 Å². The quantitative estimate of drug-likeness (QED) is 0.121. The second kappa shape index (κ2) is 18.9. The minimum Gasteiger partial charge on any atom is -0.496 e. The van der Waals surface area contributed by atoms with Crippen LogP contribution < -0.4 is 29.1 Å². The molecule has 2 unspecified atom stereocenters. The third-order valence-corrected chi connectivity index (χ3v) is 17.3. The Kier molecular flexibility index (Phi) is 12.0. The number of ether oxygens (including phenoxy) is 2. The first kappa shape index (κ1) is 44.5. The van der Waals surface area contributed by atoms with E-state index >= 15 is 0 Å². The summed E-state index contributed by atoms with van der Waals surface area (Å²) in [5.74, 6) is 3.39. The molecule has 0 saturated heterocycles. The van der Waals surface area contributed by atoms with Crippen molar-refractivity contribution in [3.63, 3.8) is 0 Å². The molecule has 346 valence electrons. The molecule has 2 aliphatic carbocycles. The molecule has 70 heavy (non-hydrogen) atoms. The average Bonchev–Trinajstić information content (AvgIpc) is 3.40. The Balaban J connectivity index is 1.03. The van der Waals surface area contributed by atoms with Gasteiger partial charge in [0.1, 0.15) is 40.6 Å². The van der Waals surface area contributed by atoms with Gasteiger partial charge in [-0.3, -0.25) is 0 Å². The first-order valence-corrected chi connectivity index (χ1v) is 26.6. The number of benzene rings is 10. The summed E-state index contributed by atoms with van der Waals surface area (Å²) in [5, 5.41) is 11.8. The minimum atomic E-state index is 0.0590. The van der Waals surface area contributed by atoms with Gasteiger partial charge in [0.2, 0.25) is 0 Å². The lowest BCUT2D eigenvalue weighted by Gasteiger charge is -2.30. The molecule has 4 nitrogen and oxygen atoms in total. The molecule has 0 bridgehead atoms. The number of methoxy groups -OCH3 is 2. The number of rotatable bonds is 11. The normalized spacial score (nSPS) is 13.7. The van der Waals surface area contributed by atoms with Gasteiger partial charge in [-0.1, -0.05) is 133 Å². The van der Waals surface area contributed by atoms with Gasteiger partial charge in [-0.05, 0) is 177 Å². The predicted octanol–water partition coefficient (Wildman–Crippen LogP) is 16.3. The molecule has 10 aromatic carbocycles. The molecule has 10 aromatic rings. The molecule has 0 aliphatic heterocycles. The lowest BCUT2D eigenvalue weighted by atomic mass is 9.79. The largest absolute Gasteiger partial charge is 0.496 e. The zero-order valence-corrected chi connectivity index (χ0v) is 42.3. The van der Waals surface area contributed by atoms with Crippen molar-refractivity contribution in [1.82, 2.24) is 0 Å². The molecule has 0 radical (unpaired) electrons. The molecule has 6 heteroatoms. The van der Waals surface area contributed by atoms with Crippen molar-refractivity contribution in [3.8, 4) is 56.4 Å². The van der Waals surface area contributed by atoms with Gasteiger partial charge in [0, 0.05) is 32.9 Å². The predicted molar refractivity (Wildman–Crippen MR) is 299 cm³/mol. The van der Waals surface area contributed by atoms with Gasteiger partial charge >= 0.3 is 0 Å². The highest BCUT2D eigenvalue weighted by Gasteiger charge is 2.30. The first-order chi connectivity index (χ1) is 34.5. The van der Waals surface area contributed by atoms with Crippen molar-refractivity contribution in [2.75, 3.05) is 14.2 Å². The summed E-state index contributed by atoms with van der Waals surface area (Å²) in [4.78, 5) is 0. The van der Waals surface area contributed by atoms with Gasteiger partial charge in [0.05, 0.1) is 14.2 Å². The fourth-order valence-electron chi connectivity index (χ4n) is 11.7. The highest BCUT2D eigenvalue weighted by molar-refractivity contribution is 7.44. The molecule has 12 rings (SSSR count). The van der Waals surface area contributed by atoms with Gasteiger partial charge in [0.15, 0.2) is 0 Å². The third-order valence-electron chi connectivity index (χ3n) is 15.0. The third kappa shape index (κ3) is 7.78. The molecule has 2 atom stereocenters. The van der Waals surface area contributed by atoms with E-state index < -0.39 is 0 Å². The van der Waals surface area contributed by atoms with Crippen molar-refractivity contribution in [1.29, 1.82) is 0 Å². The van der Waals surface area contributed by atoms with Crippen molar-refractivity contribution in [3.05, 3.63) is 191 Å². The molecule has 2 aliphatic rings. The van der Waals surface area contributed by atoms with Crippen LogP contribution in [0, 0.1) is 13.8 Å². The Hall–Kier alpha value is -6.70. The smallest absolute Gasteiger partial charge is 0.132 e. The van der Waals surface area contributed by atoms with E-state index in [1.165, 1.54) is 102 Å². The van der Waals surface area contributed by atoms with E-state index in [4.69, 9.17) is 18.5 Å². The Bertz CT molecular complexity index is 3440. The second-order valence-corrected chi connectivity index (χ2v) is 20.8. The summed E-state index contributed by atoms with van der Waals surface area (Å²) in [7, 11) is 3.66. The van der Waals surface area contributed by atoms with Gasteiger partial charge < -0.3 is 18.5 Å². The van der Waals surface area contributed by atoms with Crippen LogP contribution in [-0.2, 0) is 25.7 Å². The fourth-order valence-corrected chi connectivity index (χ4v) is 13.7. The number of fused-ring (bicyclic) bond motifs is 6. The lowest BCUT2D eigenvalue weighted by molar-refractivity contribution is 0.417. The van der Waals surface area contributed by atoms with Gasteiger partial charge in [-0.2, -0.15) is 0 Å². The molecular weight excluding hydrogens is 895 g/mol. The van der Waals surface area contributed by atoms with Crippen LogP contribution >= 0.6 is 17.6 Å². The van der Waals surface area contributed by atoms with Crippen LogP contribution in [0.1, 0.15) is 59.1 Å². The molecule has 0 amide bonds. The average molecular weight is 951 g/mol. The van der Waals surface area contributed by atoms with Crippen LogP contribution in [0.15, 0.2) is 158 Å². The van der Waals surface area contributed by atoms with E-state index in [1.807, 2.05) is 0 Å². The summed E-state index contributed by atoms with van der Waals surface area (Å²) in [6.07, 6.45) is 9.08. The summed E-state index contributed by atoms with van der Waals surface area (Å²) in [6, 6.07) is 56.8. The summed E-state index contributed by atoms with van der Waals surface area (Å²) in [6.45, 7) is 4.64. The zero-order valence-electron chi connectivity index (χ0n) is 40.3. The highest BCUT2D eigenvalue weighted by atomic mass is 31.1. The minimum absolute atomic E-state index is 0.0590. The lowest BCUT2D eigenvalue weighted by Crippen LogP contribution is -2.22. The van der Waals surface area contributed by atoms with Crippen LogP contribution in [0.25, 0.3) is 76.5 Å². The Morgan fingerprint density at radius 2 is 0.657 bits per heavy atom. The van der Waals surface area contributed by atoms with Crippen molar-refractivity contribution in [2.45, 2.75) is 65.2 Å². The van der Waals surface area contributed by atoms with Crippen LogP contribution in [0.3, 0.4) is 0 Å². The van der Waals surface area contributed by atoms with Crippen LogP contribution in [0.5, 0.6) is 23.0 Å².